The molecule has 8 rings (SSSR count). The van der Waals surface area contributed by atoms with Crippen LogP contribution >= 0.6 is 0 Å². The van der Waals surface area contributed by atoms with Crippen LogP contribution in [0.25, 0.3) is 22.4 Å². The lowest BCUT2D eigenvalue weighted by atomic mass is 9.73. The largest absolute Gasteiger partial charge is 0.444 e. The number of pyridine rings is 1. The Kier molecular flexibility index (Phi) is 8.85. The number of nitrogens with one attached hydrogen (secondary N) is 1. The maximum atomic E-state index is 12.8. The average molecular weight is 699 g/mol. The SMILES string of the molecule is CCn1cc(-c2ccc3c(n2)CCCN3c2nn(C3CCCCO3)c3nc(N4CCC5(CC4)CO[C@@H](C)[C@H]5NC(=O)OC(C)(C)C)cnc23)cn1. The number of amides is 1. The molecule has 1 unspecified atom stereocenters. The second-order valence-electron chi connectivity index (χ2n) is 15.5. The molecule has 0 aliphatic carbocycles. The third-order valence-corrected chi connectivity index (χ3v) is 10.9. The number of aromatic nitrogens is 7. The molecule has 1 N–H and O–H groups in total. The molecule has 0 aromatic carbocycles. The molecule has 0 radical (unpaired) electrons. The Morgan fingerprint density at radius 3 is 2.67 bits per heavy atom. The highest BCUT2D eigenvalue weighted by Crippen LogP contribution is 2.44. The summed E-state index contributed by atoms with van der Waals surface area (Å²) in [6, 6.07) is 4.11. The fraction of sp³-hybridized carbons (Fsp3) is 0.622. The number of nitrogens with zero attached hydrogens (tertiary/aromatic N) is 9. The molecular weight excluding hydrogens is 648 g/mol. The molecule has 3 atom stereocenters. The predicted octanol–water partition coefficient (Wildman–Crippen LogP) is 5.79. The molecule has 51 heavy (non-hydrogen) atoms. The number of anilines is 3. The van der Waals surface area contributed by atoms with Crippen molar-refractivity contribution in [1.29, 1.82) is 0 Å². The third-order valence-electron chi connectivity index (χ3n) is 10.9. The Balaban J connectivity index is 1.07. The van der Waals surface area contributed by atoms with Crippen molar-refractivity contribution in [2.75, 3.05) is 42.6 Å². The number of carbonyl (C=O) groups is 1. The highest BCUT2D eigenvalue weighted by Gasteiger charge is 2.50. The van der Waals surface area contributed by atoms with Crippen LogP contribution < -0.4 is 15.1 Å². The van der Waals surface area contributed by atoms with Gasteiger partial charge in [0.05, 0.1) is 48.2 Å². The summed E-state index contributed by atoms with van der Waals surface area (Å²) in [6.07, 6.45) is 11.7. The maximum Gasteiger partial charge on any atom is 0.407 e. The molecule has 8 heterocycles. The van der Waals surface area contributed by atoms with Crippen LogP contribution in [0.4, 0.5) is 22.1 Å². The van der Waals surface area contributed by atoms with Crippen LogP contribution in [0, 0.1) is 5.41 Å². The third kappa shape index (κ3) is 6.52. The second-order valence-corrected chi connectivity index (χ2v) is 15.5. The summed E-state index contributed by atoms with van der Waals surface area (Å²) in [5, 5.41) is 12.8. The molecule has 4 aromatic rings. The molecule has 1 amide bonds. The molecule has 0 bridgehead atoms. The van der Waals surface area contributed by atoms with Crippen molar-refractivity contribution in [2.24, 2.45) is 5.41 Å². The molecule has 0 saturated carbocycles. The Morgan fingerprint density at radius 1 is 1.08 bits per heavy atom. The van der Waals surface area contributed by atoms with Gasteiger partial charge in [0.2, 0.25) is 0 Å². The lowest BCUT2D eigenvalue weighted by Gasteiger charge is -2.42. The van der Waals surface area contributed by atoms with E-state index in [2.05, 4.69) is 39.3 Å². The fourth-order valence-electron chi connectivity index (χ4n) is 8.16. The van der Waals surface area contributed by atoms with Crippen molar-refractivity contribution in [1.82, 2.24) is 39.8 Å². The van der Waals surface area contributed by atoms with Crippen LogP contribution in [0.2, 0.25) is 0 Å². The molecule has 4 aliphatic heterocycles. The molecule has 272 valence electrons. The number of ether oxygens (including phenoxy) is 3. The first-order chi connectivity index (χ1) is 24.6. The van der Waals surface area contributed by atoms with Crippen molar-refractivity contribution >= 4 is 34.6 Å². The molecular formula is C37H50N10O4. The van der Waals surface area contributed by atoms with Gasteiger partial charge in [-0.15, -0.1) is 5.10 Å². The molecule has 3 saturated heterocycles. The lowest BCUT2D eigenvalue weighted by molar-refractivity contribution is -0.0368. The zero-order valence-corrected chi connectivity index (χ0v) is 30.5. The number of aryl methyl sites for hydroxylation is 2. The molecule has 1 spiro atoms. The summed E-state index contributed by atoms with van der Waals surface area (Å²) in [7, 11) is 0. The summed E-state index contributed by atoms with van der Waals surface area (Å²) in [4.78, 5) is 32.8. The van der Waals surface area contributed by atoms with E-state index in [4.69, 9.17) is 34.3 Å². The normalized spacial score (nSPS) is 23.5. The zero-order valence-electron chi connectivity index (χ0n) is 30.5. The van der Waals surface area contributed by atoms with Gasteiger partial charge >= 0.3 is 6.09 Å². The quantitative estimate of drug-likeness (QED) is 0.262. The van der Waals surface area contributed by atoms with E-state index < -0.39 is 11.7 Å². The van der Waals surface area contributed by atoms with Gasteiger partial charge in [-0.3, -0.25) is 9.67 Å². The molecule has 14 nitrogen and oxygen atoms in total. The zero-order chi connectivity index (χ0) is 35.3. The van der Waals surface area contributed by atoms with Crippen LogP contribution in [0.15, 0.2) is 30.7 Å². The van der Waals surface area contributed by atoms with Gasteiger partial charge in [-0.25, -0.2) is 19.4 Å². The van der Waals surface area contributed by atoms with Crippen LogP contribution in [0.5, 0.6) is 0 Å². The smallest absolute Gasteiger partial charge is 0.407 e. The number of hydrogen-bond acceptors (Lipinski definition) is 11. The van der Waals surface area contributed by atoms with E-state index >= 15 is 0 Å². The number of piperidine rings is 1. The van der Waals surface area contributed by atoms with Gasteiger partial charge in [-0.05, 0) is 91.7 Å². The number of alkyl carbamates (subject to hydrolysis) is 1. The van der Waals surface area contributed by atoms with Crippen LogP contribution in [0.1, 0.15) is 85.1 Å². The Hall–Kier alpha value is -4.30. The van der Waals surface area contributed by atoms with Crippen molar-refractivity contribution in [3.8, 4) is 11.3 Å². The Labute approximate surface area is 298 Å². The summed E-state index contributed by atoms with van der Waals surface area (Å²) < 4.78 is 21.9. The van der Waals surface area contributed by atoms with Gasteiger partial charge in [0.1, 0.15) is 11.4 Å². The summed E-state index contributed by atoms with van der Waals surface area (Å²) >= 11 is 0. The monoisotopic (exact) mass is 698 g/mol. The van der Waals surface area contributed by atoms with Crippen molar-refractivity contribution in [3.63, 3.8) is 0 Å². The summed E-state index contributed by atoms with van der Waals surface area (Å²) in [5.74, 6) is 1.61. The molecule has 14 heteroatoms. The van der Waals surface area contributed by atoms with E-state index in [0.717, 1.165) is 117 Å². The van der Waals surface area contributed by atoms with Crippen molar-refractivity contribution in [3.05, 3.63) is 36.4 Å². The summed E-state index contributed by atoms with van der Waals surface area (Å²) in [6.45, 7) is 14.3. The van der Waals surface area contributed by atoms with E-state index in [-0.39, 0.29) is 23.8 Å². The van der Waals surface area contributed by atoms with Gasteiger partial charge in [0, 0.05) is 50.0 Å². The molecule has 4 aliphatic rings. The maximum absolute atomic E-state index is 12.8. The van der Waals surface area contributed by atoms with Crippen LogP contribution in [-0.2, 0) is 27.2 Å². The lowest BCUT2D eigenvalue weighted by Crippen LogP contribution is -2.55. The van der Waals surface area contributed by atoms with Gasteiger partial charge in [-0.1, -0.05) is 0 Å². The molecule has 4 aromatic heterocycles. The van der Waals surface area contributed by atoms with E-state index in [1.807, 2.05) is 55.6 Å². The Bertz CT molecular complexity index is 1890. The van der Waals surface area contributed by atoms with E-state index in [9.17, 15) is 4.79 Å². The first-order valence-corrected chi connectivity index (χ1v) is 18.6. The first kappa shape index (κ1) is 33.8. The Morgan fingerprint density at radius 2 is 1.92 bits per heavy atom. The van der Waals surface area contributed by atoms with E-state index in [0.29, 0.717) is 13.2 Å². The number of carbonyl (C=O) groups excluding carboxylic acids is 1. The highest BCUT2D eigenvalue weighted by molar-refractivity contribution is 5.88. The first-order valence-electron chi connectivity index (χ1n) is 18.6. The minimum absolute atomic E-state index is 0.0924. The van der Waals surface area contributed by atoms with E-state index in [1.165, 1.54) is 0 Å². The number of hydrogen-bond donors (Lipinski definition) is 1. The highest BCUT2D eigenvalue weighted by atomic mass is 16.6. The van der Waals surface area contributed by atoms with Crippen molar-refractivity contribution in [2.45, 2.75) is 110 Å². The van der Waals surface area contributed by atoms with Crippen LogP contribution in [-0.4, -0.2) is 91.2 Å². The fourth-order valence-corrected chi connectivity index (χ4v) is 8.16. The minimum Gasteiger partial charge on any atom is -0.444 e. The predicted molar refractivity (Wildman–Crippen MR) is 193 cm³/mol. The van der Waals surface area contributed by atoms with Gasteiger partial charge in [-0.2, -0.15) is 5.10 Å². The number of fused-ring (bicyclic) bond motifs is 2. The number of rotatable bonds is 6. The van der Waals surface area contributed by atoms with E-state index in [1.54, 1.807) is 0 Å². The topological polar surface area (TPSA) is 138 Å². The van der Waals surface area contributed by atoms with Gasteiger partial charge in [0.15, 0.2) is 23.2 Å². The second kappa shape index (κ2) is 13.4. The molecule has 3 fully saturated rings. The van der Waals surface area contributed by atoms with Gasteiger partial charge < -0.3 is 29.3 Å². The van der Waals surface area contributed by atoms with Gasteiger partial charge in [0.25, 0.3) is 0 Å². The minimum atomic E-state index is -0.562. The average Bonchev–Trinajstić information content (AvgIpc) is 3.84. The van der Waals surface area contributed by atoms with Crippen LogP contribution in [0.3, 0.4) is 0 Å². The summed E-state index contributed by atoms with van der Waals surface area (Å²) in [5.41, 5.74) is 4.83. The standard InChI is InChI=1S/C37H50N10O4/c1-6-45-22-25(20-39-45)26-12-13-28-27(40-26)10-9-16-46(28)34-31-33(47(43-34)30-11-7-8-19-49-30)41-29(21-38-31)44-17-14-37(15-18-44)23-50-24(2)32(37)42-35(48)51-36(3,4)5/h12-13,20-22,24,30,32H,6-11,14-19,23H2,1-5H3,(H,42,48)/t24-,30?,32+/m0/s1. The van der Waals surface area contributed by atoms with Crippen molar-refractivity contribution < 1.29 is 19.0 Å².